The van der Waals surface area contributed by atoms with Crippen LogP contribution in [0, 0.1) is 0 Å². The minimum atomic E-state index is -0.958. The van der Waals surface area contributed by atoms with Crippen LogP contribution in [0.25, 0.3) is 0 Å². The molecule has 1 aromatic heterocycles. The summed E-state index contributed by atoms with van der Waals surface area (Å²) in [5.41, 5.74) is 1.23. The van der Waals surface area contributed by atoms with E-state index in [0.29, 0.717) is 17.1 Å². The third-order valence-electron chi connectivity index (χ3n) is 2.80. The average molecular weight is 286 g/mol. The Morgan fingerprint density at radius 1 is 1.19 bits per heavy atom. The van der Waals surface area contributed by atoms with Gasteiger partial charge in [-0.25, -0.2) is 9.78 Å². The fourth-order valence-corrected chi connectivity index (χ4v) is 1.91. The standard InChI is InChI=1S/C16H18N2O3/c1-11(2)21-15-13(9-6-10-17-15)18-14(16(19)20)12-7-4-3-5-8-12/h3-11,14,18H,1-2H3,(H,19,20). The number of carbonyl (C=O) groups is 1. The first-order chi connectivity index (χ1) is 10.1. The summed E-state index contributed by atoms with van der Waals surface area (Å²) in [7, 11) is 0. The van der Waals surface area contributed by atoms with Gasteiger partial charge in [0.15, 0.2) is 6.04 Å². The van der Waals surface area contributed by atoms with Gasteiger partial charge >= 0.3 is 5.97 Å². The number of carboxylic acid groups (broad SMARTS) is 1. The molecule has 0 aliphatic heterocycles. The van der Waals surface area contributed by atoms with Crippen molar-refractivity contribution < 1.29 is 14.6 Å². The van der Waals surface area contributed by atoms with E-state index < -0.39 is 12.0 Å². The van der Waals surface area contributed by atoms with Crippen molar-refractivity contribution in [1.29, 1.82) is 0 Å². The minimum Gasteiger partial charge on any atom is -0.479 e. The number of pyridine rings is 1. The predicted octanol–water partition coefficient (Wildman–Crippen LogP) is 3.11. The van der Waals surface area contributed by atoms with Gasteiger partial charge in [0.05, 0.1) is 11.8 Å². The number of rotatable bonds is 6. The molecule has 0 fully saturated rings. The number of aromatic nitrogens is 1. The molecule has 1 unspecified atom stereocenters. The lowest BCUT2D eigenvalue weighted by Crippen LogP contribution is -2.21. The van der Waals surface area contributed by atoms with Crippen molar-refractivity contribution in [3.63, 3.8) is 0 Å². The highest BCUT2D eigenvalue weighted by atomic mass is 16.5. The van der Waals surface area contributed by atoms with Crippen LogP contribution in [-0.4, -0.2) is 22.2 Å². The highest BCUT2D eigenvalue weighted by molar-refractivity contribution is 5.79. The van der Waals surface area contributed by atoms with Crippen LogP contribution in [0.3, 0.4) is 0 Å². The Morgan fingerprint density at radius 2 is 1.90 bits per heavy atom. The molecule has 1 atom stereocenters. The van der Waals surface area contributed by atoms with Crippen molar-refractivity contribution in [2.24, 2.45) is 0 Å². The molecule has 5 nitrogen and oxygen atoms in total. The monoisotopic (exact) mass is 286 g/mol. The largest absolute Gasteiger partial charge is 0.479 e. The van der Waals surface area contributed by atoms with E-state index in [1.807, 2.05) is 32.0 Å². The SMILES string of the molecule is CC(C)Oc1ncccc1NC(C(=O)O)c1ccccc1. The smallest absolute Gasteiger partial charge is 0.330 e. The molecule has 2 rings (SSSR count). The molecule has 0 bridgehead atoms. The van der Waals surface area contributed by atoms with E-state index in [4.69, 9.17) is 4.74 Å². The van der Waals surface area contributed by atoms with E-state index in [2.05, 4.69) is 10.3 Å². The van der Waals surface area contributed by atoms with Crippen LogP contribution in [0.5, 0.6) is 5.88 Å². The minimum absolute atomic E-state index is 0.0412. The molecular formula is C16H18N2O3. The maximum absolute atomic E-state index is 11.5. The molecule has 5 heteroatoms. The van der Waals surface area contributed by atoms with Crippen LogP contribution in [0.1, 0.15) is 25.5 Å². The summed E-state index contributed by atoms with van der Waals surface area (Å²) in [5, 5.41) is 12.4. The molecule has 1 heterocycles. The van der Waals surface area contributed by atoms with Crippen LogP contribution >= 0.6 is 0 Å². The highest BCUT2D eigenvalue weighted by Crippen LogP contribution is 2.27. The van der Waals surface area contributed by atoms with Gasteiger partial charge in [-0.05, 0) is 31.5 Å². The maximum Gasteiger partial charge on any atom is 0.330 e. The Kier molecular flexibility index (Phi) is 4.77. The Labute approximate surface area is 123 Å². The molecule has 0 saturated heterocycles. The number of aliphatic carboxylic acids is 1. The van der Waals surface area contributed by atoms with Crippen LogP contribution in [0.2, 0.25) is 0 Å². The van der Waals surface area contributed by atoms with E-state index >= 15 is 0 Å². The Hall–Kier alpha value is -2.56. The summed E-state index contributed by atoms with van der Waals surface area (Å²) in [6, 6.07) is 11.6. The molecule has 0 aliphatic carbocycles. The first kappa shape index (κ1) is 14.8. The summed E-state index contributed by atoms with van der Waals surface area (Å²) in [6.45, 7) is 3.79. The lowest BCUT2D eigenvalue weighted by atomic mass is 10.1. The van der Waals surface area contributed by atoms with Crippen molar-refractivity contribution in [3.05, 3.63) is 54.2 Å². The summed E-state index contributed by atoms with van der Waals surface area (Å²) in [4.78, 5) is 15.7. The molecule has 110 valence electrons. The number of nitrogens with zero attached hydrogens (tertiary/aromatic N) is 1. The lowest BCUT2D eigenvalue weighted by Gasteiger charge is -2.19. The predicted molar refractivity (Wildman–Crippen MR) is 80.4 cm³/mol. The first-order valence-electron chi connectivity index (χ1n) is 6.74. The molecule has 21 heavy (non-hydrogen) atoms. The van der Waals surface area contributed by atoms with Gasteiger partial charge in [0.2, 0.25) is 5.88 Å². The normalized spacial score (nSPS) is 12.0. The molecule has 2 N–H and O–H groups in total. The first-order valence-corrected chi connectivity index (χ1v) is 6.74. The van der Waals surface area contributed by atoms with Crippen molar-refractivity contribution in [1.82, 2.24) is 4.98 Å². The topological polar surface area (TPSA) is 71.5 Å². The van der Waals surface area contributed by atoms with Crippen LogP contribution in [-0.2, 0) is 4.79 Å². The van der Waals surface area contributed by atoms with Gasteiger partial charge in [0.25, 0.3) is 0 Å². The maximum atomic E-state index is 11.5. The number of hydrogen-bond donors (Lipinski definition) is 2. The zero-order valence-corrected chi connectivity index (χ0v) is 12.0. The molecule has 0 saturated carbocycles. The summed E-state index contributed by atoms with van der Waals surface area (Å²) >= 11 is 0. The van der Waals surface area contributed by atoms with Crippen molar-refractivity contribution in [2.75, 3.05) is 5.32 Å². The van der Waals surface area contributed by atoms with Gasteiger partial charge in [0.1, 0.15) is 0 Å². The number of benzene rings is 1. The fourth-order valence-electron chi connectivity index (χ4n) is 1.91. The Bertz CT molecular complexity index is 599. The zero-order chi connectivity index (χ0) is 15.2. The van der Waals surface area contributed by atoms with Gasteiger partial charge in [-0.15, -0.1) is 0 Å². The number of carboxylic acids is 1. The number of hydrogen-bond acceptors (Lipinski definition) is 4. The molecule has 2 aromatic rings. The van der Waals surface area contributed by atoms with E-state index in [1.165, 1.54) is 0 Å². The molecule has 0 radical (unpaired) electrons. The van der Waals surface area contributed by atoms with Gasteiger partial charge in [0, 0.05) is 6.20 Å². The van der Waals surface area contributed by atoms with Crippen molar-refractivity contribution >= 4 is 11.7 Å². The second-order valence-electron chi connectivity index (χ2n) is 4.85. The van der Waals surface area contributed by atoms with E-state index in [1.54, 1.807) is 30.5 Å². The third kappa shape index (κ3) is 3.95. The molecule has 0 amide bonds. The van der Waals surface area contributed by atoms with Crippen LogP contribution in [0.15, 0.2) is 48.7 Å². The van der Waals surface area contributed by atoms with Crippen LogP contribution < -0.4 is 10.1 Å². The number of nitrogens with one attached hydrogen (secondary N) is 1. The molecule has 0 aliphatic rings. The highest BCUT2D eigenvalue weighted by Gasteiger charge is 2.21. The Morgan fingerprint density at radius 3 is 2.52 bits per heavy atom. The van der Waals surface area contributed by atoms with E-state index in [-0.39, 0.29) is 6.10 Å². The van der Waals surface area contributed by atoms with Crippen LogP contribution in [0.4, 0.5) is 5.69 Å². The summed E-state index contributed by atoms with van der Waals surface area (Å²) in [5.74, 6) is -0.560. The van der Waals surface area contributed by atoms with E-state index in [9.17, 15) is 9.90 Å². The molecule has 0 spiro atoms. The second kappa shape index (κ2) is 6.74. The number of ether oxygens (including phenoxy) is 1. The van der Waals surface area contributed by atoms with Gasteiger partial charge < -0.3 is 15.2 Å². The van der Waals surface area contributed by atoms with E-state index in [0.717, 1.165) is 0 Å². The van der Waals surface area contributed by atoms with Gasteiger partial charge in [-0.3, -0.25) is 0 Å². The third-order valence-corrected chi connectivity index (χ3v) is 2.80. The summed E-state index contributed by atoms with van der Waals surface area (Å²) < 4.78 is 5.60. The quantitative estimate of drug-likeness (QED) is 0.853. The second-order valence-corrected chi connectivity index (χ2v) is 4.85. The van der Waals surface area contributed by atoms with Crippen molar-refractivity contribution in [2.45, 2.75) is 26.0 Å². The summed E-state index contributed by atoms with van der Waals surface area (Å²) in [6.07, 6.45) is 1.57. The molecule has 1 aromatic carbocycles. The average Bonchev–Trinajstić information content (AvgIpc) is 2.46. The fraction of sp³-hybridized carbons (Fsp3) is 0.250. The number of anilines is 1. The van der Waals surface area contributed by atoms with Gasteiger partial charge in [-0.2, -0.15) is 0 Å². The Balaban J connectivity index is 2.28. The zero-order valence-electron chi connectivity index (χ0n) is 12.0. The van der Waals surface area contributed by atoms with Gasteiger partial charge in [-0.1, -0.05) is 30.3 Å². The molecular weight excluding hydrogens is 268 g/mol. The lowest BCUT2D eigenvalue weighted by molar-refractivity contribution is -0.138. The van der Waals surface area contributed by atoms with Crippen molar-refractivity contribution in [3.8, 4) is 5.88 Å².